The van der Waals surface area contributed by atoms with E-state index in [9.17, 15) is 0 Å². The first kappa shape index (κ1) is 16.3. The molecule has 1 atom stereocenters. The number of nitrogens with one attached hydrogen (secondary N) is 1. The van der Waals surface area contributed by atoms with Crippen molar-refractivity contribution < 1.29 is 4.74 Å². The zero-order chi connectivity index (χ0) is 15.4. The minimum Gasteiger partial charge on any atom is -0.457 e. The minimum absolute atomic E-state index is 0.298. The van der Waals surface area contributed by atoms with Gasteiger partial charge in [-0.2, -0.15) is 0 Å². The highest BCUT2D eigenvalue weighted by Crippen LogP contribution is 2.32. The van der Waals surface area contributed by atoms with Crippen LogP contribution in [-0.2, 0) is 0 Å². The predicted molar refractivity (Wildman–Crippen MR) is 92.5 cm³/mol. The molecule has 0 radical (unpaired) electrons. The molecule has 0 saturated heterocycles. The van der Waals surface area contributed by atoms with Gasteiger partial charge in [0.25, 0.3) is 0 Å². The molecule has 0 saturated carbocycles. The molecule has 0 bridgehead atoms. The lowest BCUT2D eigenvalue weighted by atomic mass is 10.1. The van der Waals surface area contributed by atoms with Crippen LogP contribution in [0.1, 0.15) is 31.0 Å². The number of rotatable bonds is 5. The van der Waals surface area contributed by atoms with E-state index in [1.165, 1.54) is 5.56 Å². The van der Waals surface area contributed by atoms with E-state index in [-0.39, 0.29) is 0 Å². The highest BCUT2D eigenvalue weighted by atomic mass is 79.9. The van der Waals surface area contributed by atoms with Gasteiger partial charge in [0, 0.05) is 15.5 Å². The Balaban J connectivity index is 2.22. The van der Waals surface area contributed by atoms with Crippen molar-refractivity contribution in [3.63, 3.8) is 0 Å². The molecule has 0 amide bonds. The second-order valence-electron chi connectivity index (χ2n) is 4.97. The fourth-order valence-corrected chi connectivity index (χ4v) is 3.01. The maximum Gasteiger partial charge on any atom is 0.131 e. The molecule has 4 heteroatoms. The normalized spacial score (nSPS) is 12.2. The third kappa shape index (κ3) is 4.22. The smallest absolute Gasteiger partial charge is 0.131 e. The molecular weight excluding hydrogens is 350 g/mol. The van der Waals surface area contributed by atoms with Gasteiger partial charge in [0.15, 0.2) is 0 Å². The molecule has 21 heavy (non-hydrogen) atoms. The van der Waals surface area contributed by atoms with Crippen LogP contribution in [0.3, 0.4) is 0 Å². The first-order valence-corrected chi connectivity index (χ1v) is 8.15. The summed E-state index contributed by atoms with van der Waals surface area (Å²) in [5.74, 6) is 1.57. The van der Waals surface area contributed by atoms with Crippen LogP contribution in [0.4, 0.5) is 0 Å². The Bertz CT molecular complexity index is 630. The lowest BCUT2D eigenvalue weighted by Crippen LogP contribution is -2.17. The second-order valence-corrected chi connectivity index (χ2v) is 6.27. The summed E-state index contributed by atoms with van der Waals surface area (Å²) in [6.45, 7) is 7.19. The summed E-state index contributed by atoms with van der Waals surface area (Å²) >= 11 is 9.64. The summed E-state index contributed by atoms with van der Waals surface area (Å²) in [4.78, 5) is 0. The van der Waals surface area contributed by atoms with Crippen molar-refractivity contribution in [2.24, 2.45) is 0 Å². The van der Waals surface area contributed by atoms with E-state index in [0.717, 1.165) is 28.1 Å². The average Bonchev–Trinajstić information content (AvgIpc) is 2.43. The molecule has 0 aliphatic carbocycles. The van der Waals surface area contributed by atoms with Crippen LogP contribution in [0.15, 0.2) is 40.9 Å². The van der Waals surface area contributed by atoms with Crippen LogP contribution in [0, 0.1) is 6.92 Å². The number of ether oxygens (including phenoxy) is 1. The van der Waals surface area contributed by atoms with Gasteiger partial charge in [0.1, 0.15) is 11.5 Å². The molecular formula is C17H19BrClNO. The number of hydrogen-bond donors (Lipinski definition) is 1. The van der Waals surface area contributed by atoms with Crippen molar-refractivity contribution in [2.75, 3.05) is 6.54 Å². The third-order valence-corrected chi connectivity index (χ3v) is 4.25. The molecule has 2 aromatic carbocycles. The monoisotopic (exact) mass is 367 g/mol. The molecule has 112 valence electrons. The van der Waals surface area contributed by atoms with Crippen molar-refractivity contribution in [1.82, 2.24) is 5.32 Å². The summed E-state index contributed by atoms with van der Waals surface area (Å²) in [7, 11) is 0. The minimum atomic E-state index is 0.298. The van der Waals surface area contributed by atoms with Crippen molar-refractivity contribution in [1.29, 1.82) is 0 Å². The van der Waals surface area contributed by atoms with E-state index < -0.39 is 0 Å². The fraction of sp³-hybridized carbons (Fsp3) is 0.294. The summed E-state index contributed by atoms with van der Waals surface area (Å²) in [6, 6.07) is 12.0. The van der Waals surface area contributed by atoms with E-state index in [4.69, 9.17) is 16.3 Å². The van der Waals surface area contributed by atoms with Crippen LogP contribution in [0.2, 0.25) is 5.02 Å². The van der Waals surface area contributed by atoms with Gasteiger partial charge in [-0.25, -0.2) is 0 Å². The quantitative estimate of drug-likeness (QED) is 0.712. The standard InChI is InChI=1S/C17H19BrClNO/c1-4-20-12(3)15-8-7-14(10-16(15)18)21-17-9-13(19)6-5-11(17)2/h5-10,12,20H,4H2,1-3H3. The van der Waals surface area contributed by atoms with Gasteiger partial charge >= 0.3 is 0 Å². The van der Waals surface area contributed by atoms with Gasteiger partial charge in [0.2, 0.25) is 0 Å². The van der Waals surface area contributed by atoms with Gasteiger partial charge in [0.05, 0.1) is 0 Å². The molecule has 0 aromatic heterocycles. The van der Waals surface area contributed by atoms with E-state index in [2.05, 4.69) is 41.2 Å². The van der Waals surface area contributed by atoms with Crippen LogP contribution >= 0.6 is 27.5 Å². The topological polar surface area (TPSA) is 21.3 Å². The van der Waals surface area contributed by atoms with Crippen molar-refractivity contribution >= 4 is 27.5 Å². The number of aryl methyl sites for hydroxylation is 1. The molecule has 2 nitrogen and oxygen atoms in total. The molecule has 1 unspecified atom stereocenters. The van der Waals surface area contributed by atoms with Crippen LogP contribution in [0.25, 0.3) is 0 Å². The Morgan fingerprint density at radius 1 is 1.24 bits per heavy atom. The Kier molecular flexibility index (Phi) is 5.68. The highest BCUT2D eigenvalue weighted by molar-refractivity contribution is 9.10. The van der Waals surface area contributed by atoms with E-state index in [1.807, 2.05) is 37.3 Å². The lowest BCUT2D eigenvalue weighted by Gasteiger charge is -2.16. The van der Waals surface area contributed by atoms with Crippen molar-refractivity contribution in [3.8, 4) is 11.5 Å². The van der Waals surface area contributed by atoms with Crippen molar-refractivity contribution in [2.45, 2.75) is 26.8 Å². The maximum absolute atomic E-state index is 6.02. The second kappa shape index (κ2) is 7.30. The first-order valence-electron chi connectivity index (χ1n) is 6.98. The number of halogens is 2. The van der Waals surface area contributed by atoms with Gasteiger partial charge in [-0.15, -0.1) is 0 Å². The Morgan fingerprint density at radius 3 is 2.67 bits per heavy atom. The van der Waals surface area contributed by atoms with E-state index in [0.29, 0.717) is 11.1 Å². The zero-order valence-electron chi connectivity index (χ0n) is 12.4. The Hall–Kier alpha value is -1.03. The highest BCUT2D eigenvalue weighted by Gasteiger charge is 2.10. The Labute approximate surface area is 139 Å². The maximum atomic E-state index is 6.02. The predicted octanol–water partition coefficient (Wildman–Crippen LogP) is 5.87. The van der Waals surface area contributed by atoms with Gasteiger partial charge in [-0.1, -0.05) is 46.6 Å². The van der Waals surface area contributed by atoms with Crippen LogP contribution in [-0.4, -0.2) is 6.54 Å². The van der Waals surface area contributed by atoms with Crippen LogP contribution < -0.4 is 10.1 Å². The molecule has 0 heterocycles. The largest absolute Gasteiger partial charge is 0.457 e. The molecule has 0 fully saturated rings. The third-order valence-electron chi connectivity index (χ3n) is 3.33. The lowest BCUT2D eigenvalue weighted by molar-refractivity contribution is 0.477. The number of hydrogen-bond acceptors (Lipinski definition) is 2. The van der Waals surface area contributed by atoms with E-state index >= 15 is 0 Å². The molecule has 2 rings (SSSR count). The summed E-state index contributed by atoms with van der Waals surface area (Å²) in [6.07, 6.45) is 0. The van der Waals surface area contributed by atoms with Crippen molar-refractivity contribution in [3.05, 3.63) is 57.0 Å². The number of benzene rings is 2. The average molecular weight is 369 g/mol. The molecule has 1 N–H and O–H groups in total. The van der Waals surface area contributed by atoms with Gasteiger partial charge in [-0.05, 0) is 55.8 Å². The summed E-state index contributed by atoms with van der Waals surface area (Å²) in [5.41, 5.74) is 2.27. The molecule has 0 aliphatic rings. The first-order chi connectivity index (χ1) is 10.0. The summed E-state index contributed by atoms with van der Waals surface area (Å²) < 4.78 is 6.97. The van der Waals surface area contributed by atoms with Crippen LogP contribution in [0.5, 0.6) is 11.5 Å². The van der Waals surface area contributed by atoms with Gasteiger partial charge < -0.3 is 10.1 Å². The molecule has 0 spiro atoms. The molecule has 2 aromatic rings. The van der Waals surface area contributed by atoms with E-state index in [1.54, 1.807) is 0 Å². The SMILES string of the molecule is CCNC(C)c1ccc(Oc2cc(Cl)ccc2C)cc1Br. The summed E-state index contributed by atoms with van der Waals surface area (Å²) in [5, 5.41) is 4.07. The molecule has 0 aliphatic heterocycles. The Morgan fingerprint density at radius 2 is 2.00 bits per heavy atom. The fourth-order valence-electron chi connectivity index (χ4n) is 2.15. The van der Waals surface area contributed by atoms with Gasteiger partial charge in [-0.3, -0.25) is 0 Å². The zero-order valence-corrected chi connectivity index (χ0v) is 14.8.